The van der Waals surface area contributed by atoms with Crippen LogP contribution in [0, 0.1) is 0 Å². The van der Waals surface area contributed by atoms with Crippen molar-refractivity contribution in [3.8, 4) is 0 Å². The van der Waals surface area contributed by atoms with Crippen molar-refractivity contribution in [2.24, 2.45) is 0 Å². The van der Waals surface area contributed by atoms with Gasteiger partial charge >= 0.3 is 0 Å². The van der Waals surface area contributed by atoms with Crippen molar-refractivity contribution >= 4 is 23.2 Å². The Kier molecular flexibility index (Phi) is 6.85. The van der Waals surface area contributed by atoms with Gasteiger partial charge in [-0.1, -0.05) is 0 Å². The molecule has 1 aromatic carbocycles. The standard InChI is InChI=1S/C16H26N4O2/c1-13(21)20(12-16(22)17-10-11-18(2)3)15-8-6-14(7-9-15)19(4)5/h6-9H,10-12H2,1-5H3,(H,17,22). The molecule has 0 atom stereocenters. The molecule has 0 radical (unpaired) electrons. The van der Waals surface area contributed by atoms with E-state index in [0.29, 0.717) is 6.54 Å². The van der Waals surface area contributed by atoms with Crippen LogP contribution in [0.25, 0.3) is 0 Å². The van der Waals surface area contributed by atoms with Crippen LogP contribution in [0.3, 0.4) is 0 Å². The van der Waals surface area contributed by atoms with Gasteiger partial charge in [0.25, 0.3) is 0 Å². The van der Waals surface area contributed by atoms with Gasteiger partial charge in [0.15, 0.2) is 0 Å². The van der Waals surface area contributed by atoms with Crippen molar-refractivity contribution in [2.45, 2.75) is 6.92 Å². The third-order valence-corrected chi connectivity index (χ3v) is 3.24. The molecule has 0 aromatic heterocycles. The molecule has 0 aliphatic carbocycles. The van der Waals surface area contributed by atoms with E-state index in [1.165, 1.54) is 11.8 Å². The number of rotatable bonds is 7. The first-order valence-electron chi connectivity index (χ1n) is 7.28. The van der Waals surface area contributed by atoms with E-state index < -0.39 is 0 Å². The minimum absolute atomic E-state index is 0.0318. The summed E-state index contributed by atoms with van der Waals surface area (Å²) in [6, 6.07) is 7.55. The van der Waals surface area contributed by atoms with Gasteiger partial charge in [-0.05, 0) is 38.4 Å². The molecule has 1 rings (SSSR count). The van der Waals surface area contributed by atoms with Crippen molar-refractivity contribution in [1.29, 1.82) is 0 Å². The van der Waals surface area contributed by atoms with Crippen molar-refractivity contribution < 1.29 is 9.59 Å². The zero-order valence-electron chi connectivity index (χ0n) is 14.1. The number of hydrogen-bond donors (Lipinski definition) is 1. The fraction of sp³-hybridized carbons (Fsp3) is 0.500. The molecule has 0 bridgehead atoms. The summed E-state index contributed by atoms with van der Waals surface area (Å²) in [5.41, 5.74) is 1.77. The van der Waals surface area contributed by atoms with Gasteiger partial charge in [0, 0.05) is 45.5 Å². The molecule has 122 valence electrons. The van der Waals surface area contributed by atoms with Crippen LogP contribution < -0.4 is 15.1 Å². The first-order chi connectivity index (χ1) is 10.3. The summed E-state index contributed by atoms with van der Waals surface area (Å²) >= 11 is 0. The van der Waals surface area contributed by atoms with Crippen molar-refractivity contribution in [2.75, 3.05) is 57.6 Å². The van der Waals surface area contributed by atoms with Gasteiger partial charge in [0.05, 0.1) is 0 Å². The Morgan fingerprint density at radius 3 is 2.00 bits per heavy atom. The zero-order valence-corrected chi connectivity index (χ0v) is 14.1. The van der Waals surface area contributed by atoms with Gasteiger partial charge in [-0.3, -0.25) is 9.59 Å². The first-order valence-corrected chi connectivity index (χ1v) is 7.28. The molecule has 0 saturated carbocycles. The smallest absolute Gasteiger partial charge is 0.240 e. The number of amides is 2. The minimum Gasteiger partial charge on any atom is -0.378 e. The fourth-order valence-electron chi connectivity index (χ4n) is 1.93. The van der Waals surface area contributed by atoms with Crippen LogP contribution in [-0.4, -0.2) is 64.5 Å². The highest BCUT2D eigenvalue weighted by molar-refractivity contribution is 5.97. The topological polar surface area (TPSA) is 55.9 Å². The van der Waals surface area contributed by atoms with E-state index in [9.17, 15) is 9.59 Å². The maximum atomic E-state index is 12.0. The van der Waals surface area contributed by atoms with Crippen LogP contribution in [0.2, 0.25) is 0 Å². The molecule has 0 heterocycles. The summed E-state index contributed by atoms with van der Waals surface area (Å²) in [6.07, 6.45) is 0. The molecule has 0 spiro atoms. The quantitative estimate of drug-likeness (QED) is 0.809. The van der Waals surface area contributed by atoms with Gasteiger partial charge < -0.3 is 20.0 Å². The fourth-order valence-corrected chi connectivity index (χ4v) is 1.93. The molecular formula is C16H26N4O2. The zero-order chi connectivity index (χ0) is 16.7. The van der Waals surface area contributed by atoms with Crippen LogP contribution in [0.5, 0.6) is 0 Å². The third kappa shape index (κ3) is 5.73. The predicted molar refractivity (Wildman–Crippen MR) is 90.4 cm³/mol. The van der Waals surface area contributed by atoms with E-state index in [1.54, 1.807) is 0 Å². The number of carbonyl (C=O) groups excluding carboxylic acids is 2. The Labute approximate surface area is 132 Å². The summed E-state index contributed by atoms with van der Waals surface area (Å²) < 4.78 is 0. The highest BCUT2D eigenvalue weighted by atomic mass is 16.2. The largest absolute Gasteiger partial charge is 0.378 e. The number of likely N-dealkylation sites (N-methyl/N-ethyl adjacent to an activating group) is 1. The normalized spacial score (nSPS) is 10.5. The molecule has 1 aromatic rings. The molecule has 6 nitrogen and oxygen atoms in total. The summed E-state index contributed by atoms with van der Waals surface area (Å²) in [6.45, 7) is 2.83. The Balaban J connectivity index is 2.69. The van der Waals surface area contributed by atoms with Crippen molar-refractivity contribution in [3.05, 3.63) is 24.3 Å². The molecule has 6 heteroatoms. The second-order valence-electron chi connectivity index (χ2n) is 5.67. The third-order valence-electron chi connectivity index (χ3n) is 3.24. The number of carbonyl (C=O) groups is 2. The van der Waals surface area contributed by atoms with E-state index in [-0.39, 0.29) is 18.4 Å². The van der Waals surface area contributed by atoms with E-state index in [4.69, 9.17) is 0 Å². The molecule has 2 amide bonds. The van der Waals surface area contributed by atoms with E-state index in [0.717, 1.165) is 17.9 Å². The first kappa shape index (κ1) is 18.0. The van der Waals surface area contributed by atoms with Gasteiger partial charge in [-0.25, -0.2) is 0 Å². The molecule has 0 aliphatic heterocycles. The average molecular weight is 306 g/mol. The molecule has 0 aliphatic rings. The summed E-state index contributed by atoms with van der Waals surface area (Å²) in [5.74, 6) is -0.311. The molecule has 22 heavy (non-hydrogen) atoms. The SMILES string of the molecule is CC(=O)N(CC(=O)NCCN(C)C)c1ccc(N(C)C)cc1. The Morgan fingerprint density at radius 2 is 1.55 bits per heavy atom. The van der Waals surface area contributed by atoms with Gasteiger partial charge in [0.2, 0.25) is 11.8 Å². The number of nitrogens with zero attached hydrogens (tertiary/aromatic N) is 3. The molecule has 0 unspecified atom stereocenters. The molecular weight excluding hydrogens is 280 g/mol. The van der Waals surface area contributed by atoms with Gasteiger partial charge in [-0.15, -0.1) is 0 Å². The average Bonchev–Trinajstić information content (AvgIpc) is 2.44. The number of benzene rings is 1. The lowest BCUT2D eigenvalue weighted by Crippen LogP contribution is -2.41. The monoisotopic (exact) mass is 306 g/mol. The molecule has 0 fully saturated rings. The second kappa shape index (κ2) is 8.38. The van der Waals surface area contributed by atoms with Gasteiger partial charge in [0.1, 0.15) is 6.54 Å². The Hall–Kier alpha value is -2.08. The van der Waals surface area contributed by atoms with E-state index >= 15 is 0 Å². The Morgan fingerprint density at radius 1 is 1.00 bits per heavy atom. The van der Waals surface area contributed by atoms with Crippen LogP contribution in [-0.2, 0) is 9.59 Å². The maximum absolute atomic E-state index is 12.0. The van der Waals surface area contributed by atoms with Gasteiger partial charge in [-0.2, -0.15) is 0 Å². The number of hydrogen-bond acceptors (Lipinski definition) is 4. The maximum Gasteiger partial charge on any atom is 0.240 e. The van der Waals surface area contributed by atoms with Crippen LogP contribution in [0.4, 0.5) is 11.4 Å². The van der Waals surface area contributed by atoms with Crippen LogP contribution in [0.1, 0.15) is 6.92 Å². The van der Waals surface area contributed by atoms with Crippen LogP contribution in [0.15, 0.2) is 24.3 Å². The summed E-state index contributed by atoms with van der Waals surface area (Å²) in [4.78, 5) is 29.2. The summed E-state index contributed by atoms with van der Waals surface area (Å²) in [7, 11) is 7.80. The lowest BCUT2D eigenvalue weighted by Gasteiger charge is -2.22. The van der Waals surface area contributed by atoms with E-state index in [2.05, 4.69) is 5.32 Å². The lowest BCUT2D eigenvalue weighted by atomic mass is 10.2. The molecule has 0 saturated heterocycles. The Bertz CT molecular complexity index is 497. The minimum atomic E-state index is -0.159. The number of anilines is 2. The van der Waals surface area contributed by atoms with E-state index in [1.807, 2.05) is 62.3 Å². The lowest BCUT2D eigenvalue weighted by molar-refractivity contribution is -0.123. The highest BCUT2D eigenvalue weighted by Gasteiger charge is 2.15. The predicted octanol–water partition coefficient (Wildman–Crippen LogP) is 0.783. The number of nitrogens with one attached hydrogen (secondary N) is 1. The van der Waals surface area contributed by atoms with Crippen molar-refractivity contribution in [3.63, 3.8) is 0 Å². The highest BCUT2D eigenvalue weighted by Crippen LogP contribution is 2.19. The molecule has 1 N–H and O–H groups in total. The summed E-state index contributed by atoms with van der Waals surface area (Å²) in [5, 5.41) is 2.82. The van der Waals surface area contributed by atoms with Crippen molar-refractivity contribution in [1.82, 2.24) is 10.2 Å². The van der Waals surface area contributed by atoms with Crippen LogP contribution >= 0.6 is 0 Å². The second-order valence-corrected chi connectivity index (χ2v) is 5.67.